The van der Waals surface area contributed by atoms with Crippen molar-refractivity contribution < 1.29 is 27.9 Å². The predicted octanol–water partition coefficient (Wildman–Crippen LogP) is 1.66. The van der Waals surface area contributed by atoms with Gasteiger partial charge >= 0.3 is 12.1 Å². The van der Waals surface area contributed by atoms with Gasteiger partial charge in [-0.2, -0.15) is 0 Å². The van der Waals surface area contributed by atoms with E-state index in [1.807, 2.05) is 0 Å². The molecule has 134 valence electrons. The molecule has 2 rings (SSSR count). The number of amides is 1. The van der Waals surface area contributed by atoms with Crippen molar-refractivity contribution in [1.82, 2.24) is 0 Å². The molecule has 25 heavy (non-hydrogen) atoms. The Bertz CT molecular complexity index is 849. The lowest BCUT2D eigenvalue weighted by Gasteiger charge is -2.24. The lowest BCUT2D eigenvalue weighted by Crippen LogP contribution is -2.46. The van der Waals surface area contributed by atoms with Crippen LogP contribution in [0.2, 0.25) is 0 Å². The molecule has 1 aromatic rings. The Morgan fingerprint density at radius 2 is 2.00 bits per heavy atom. The minimum absolute atomic E-state index is 0.0794. The number of hydrogen-bond acceptors (Lipinski definition) is 5. The van der Waals surface area contributed by atoms with Gasteiger partial charge in [-0.15, -0.1) is 5.92 Å². The van der Waals surface area contributed by atoms with Crippen molar-refractivity contribution in [1.29, 1.82) is 0 Å². The monoisotopic (exact) mass is 365 g/mol. The average molecular weight is 365 g/mol. The van der Waals surface area contributed by atoms with Crippen molar-refractivity contribution in [3.05, 3.63) is 29.8 Å². The number of ether oxygens (including phenoxy) is 1. The van der Waals surface area contributed by atoms with Crippen molar-refractivity contribution >= 4 is 27.6 Å². The molecule has 1 aromatic carbocycles. The van der Waals surface area contributed by atoms with Crippen LogP contribution in [0.25, 0.3) is 0 Å². The number of cyclic esters (lactones) is 1. The number of aliphatic carboxylic acids is 1. The highest BCUT2D eigenvalue weighted by Gasteiger charge is 2.48. The molecule has 0 bridgehead atoms. The molecule has 2 unspecified atom stereocenters. The molecule has 0 saturated carbocycles. The number of carbonyl (C=O) groups excluding carboxylic acids is 1. The van der Waals surface area contributed by atoms with Gasteiger partial charge in [0.05, 0.1) is 6.54 Å². The van der Waals surface area contributed by atoms with Crippen molar-refractivity contribution in [3.8, 4) is 11.8 Å². The van der Waals surface area contributed by atoms with Gasteiger partial charge in [-0.1, -0.05) is 5.92 Å². The van der Waals surface area contributed by atoms with E-state index in [9.17, 15) is 23.1 Å². The number of carboxylic acid groups (broad SMARTS) is 1. The van der Waals surface area contributed by atoms with Crippen molar-refractivity contribution in [2.75, 3.05) is 17.7 Å². The fourth-order valence-electron chi connectivity index (χ4n) is 2.54. The van der Waals surface area contributed by atoms with Crippen molar-refractivity contribution in [2.45, 2.75) is 31.1 Å². The number of carboxylic acids is 1. The highest BCUT2D eigenvalue weighted by molar-refractivity contribution is 7.92. The van der Waals surface area contributed by atoms with Crippen LogP contribution in [0, 0.1) is 11.8 Å². The number of sulfone groups is 1. The Morgan fingerprint density at radius 1 is 1.40 bits per heavy atom. The van der Waals surface area contributed by atoms with Crippen LogP contribution in [0.1, 0.15) is 25.8 Å². The van der Waals surface area contributed by atoms with Gasteiger partial charge in [0, 0.05) is 23.9 Å². The average Bonchev–Trinajstić information content (AvgIpc) is 2.87. The summed E-state index contributed by atoms with van der Waals surface area (Å²) in [6.45, 7) is 2.92. The predicted molar refractivity (Wildman–Crippen MR) is 92.1 cm³/mol. The van der Waals surface area contributed by atoms with E-state index in [0.717, 1.165) is 18.7 Å². The normalized spacial score (nSPS) is 19.6. The molecule has 1 aliphatic rings. The third kappa shape index (κ3) is 3.77. The molecule has 1 N–H and O–H groups in total. The third-order valence-corrected chi connectivity index (χ3v) is 6.19. The van der Waals surface area contributed by atoms with E-state index in [1.165, 1.54) is 4.90 Å². The number of hydrogen-bond donors (Lipinski definition) is 1. The fourth-order valence-corrected chi connectivity index (χ4v) is 3.35. The summed E-state index contributed by atoms with van der Waals surface area (Å²) in [6, 6.07) is 6.92. The van der Waals surface area contributed by atoms with Gasteiger partial charge in [0.15, 0.2) is 14.6 Å². The number of carbonyl (C=O) groups is 2. The van der Waals surface area contributed by atoms with E-state index >= 15 is 0 Å². The molecule has 1 fully saturated rings. The van der Waals surface area contributed by atoms with Crippen LogP contribution in [0.4, 0.5) is 10.5 Å². The number of benzene rings is 1. The van der Waals surface area contributed by atoms with Crippen LogP contribution < -0.4 is 4.90 Å². The van der Waals surface area contributed by atoms with Crippen LogP contribution in [-0.4, -0.2) is 49.2 Å². The fraction of sp³-hybridized carbons (Fsp3) is 0.412. The maximum absolute atomic E-state index is 12.1. The molecule has 0 radical (unpaired) electrons. The number of nitrogens with zero attached hydrogens (tertiary/aromatic N) is 1. The molecule has 1 heterocycles. The van der Waals surface area contributed by atoms with Gasteiger partial charge in [-0.05, 0) is 38.1 Å². The summed E-state index contributed by atoms with van der Waals surface area (Å²) >= 11 is 0. The van der Waals surface area contributed by atoms with Crippen LogP contribution in [0.5, 0.6) is 0 Å². The lowest BCUT2D eigenvalue weighted by molar-refractivity contribution is -0.140. The van der Waals surface area contributed by atoms with Gasteiger partial charge in [-0.3, -0.25) is 9.69 Å². The number of rotatable bonds is 5. The third-order valence-electron chi connectivity index (χ3n) is 4.21. The molecule has 1 amide bonds. The lowest BCUT2D eigenvalue weighted by atomic mass is 10.0. The van der Waals surface area contributed by atoms with E-state index in [1.54, 1.807) is 31.2 Å². The summed E-state index contributed by atoms with van der Waals surface area (Å²) in [7, 11) is -3.89. The van der Waals surface area contributed by atoms with Crippen LogP contribution in [0.15, 0.2) is 24.3 Å². The second-order valence-electron chi connectivity index (χ2n) is 6.05. The van der Waals surface area contributed by atoms with Gasteiger partial charge in [0.2, 0.25) is 0 Å². The number of anilines is 1. The Morgan fingerprint density at radius 3 is 2.48 bits per heavy atom. The molecular formula is C17H19NO6S. The Balaban J connectivity index is 2.19. The highest BCUT2D eigenvalue weighted by Crippen LogP contribution is 2.30. The van der Waals surface area contributed by atoms with E-state index in [-0.39, 0.29) is 13.0 Å². The first-order valence-electron chi connectivity index (χ1n) is 7.52. The summed E-state index contributed by atoms with van der Waals surface area (Å²) in [5.74, 6) is 4.19. The van der Waals surface area contributed by atoms with E-state index < -0.39 is 32.8 Å². The van der Waals surface area contributed by atoms with Gasteiger partial charge in [0.1, 0.15) is 6.10 Å². The molecule has 0 aliphatic carbocycles. The van der Waals surface area contributed by atoms with E-state index in [0.29, 0.717) is 5.69 Å². The standard InChI is InChI=1S/C17H19NO6S/c1-4-5-12-6-8-13(9-7-12)18-11-14(24-16(18)21)10-17(2,15(19)20)25(3,22)23/h6-9,14H,10-11H2,1-3H3,(H,19,20). The SMILES string of the molecule is CC#Cc1ccc(N2CC(CC(C)(C(=O)O)S(C)(=O)=O)OC2=O)cc1. The zero-order valence-electron chi connectivity index (χ0n) is 14.1. The molecule has 8 heteroatoms. The summed E-state index contributed by atoms with van der Waals surface area (Å²) in [6.07, 6.45) is -0.926. The topological polar surface area (TPSA) is 101 Å². The van der Waals surface area contributed by atoms with Crippen LogP contribution in [0.3, 0.4) is 0 Å². The summed E-state index contributed by atoms with van der Waals surface area (Å²) < 4.78 is 26.9. The molecule has 1 saturated heterocycles. The first-order valence-corrected chi connectivity index (χ1v) is 9.41. The Kier molecular flexibility index (Phi) is 5.09. The minimum Gasteiger partial charge on any atom is -0.480 e. The molecule has 0 aromatic heterocycles. The summed E-state index contributed by atoms with van der Waals surface area (Å²) in [5, 5.41) is 9.31. The van der Waals surface area contributed by atoms with Gasteiger partial charge in [-0.25, -0.2) is 13.2 Å². The van der Waals surface area contributed by atoms with Crippen LogP contribution >= 0.6 is 0 Å². The maximum Gasteiger partial charge on any atom is 0.414 e. The first kappa shape index (κ1) is 18.8. The van der Waals surface area contributed by atoms with Crippen molar-refractivity contribution in [3.63, 3.8) is 0 Å². The molecular weight excluding hydrogens is 346 g/mol. The second kappa shape index (κ2) is 6.76. The zero-order valence-corrected chi connectivity index (χ0v) is 15.0. The Hall–Kier alpha value is -2.53. The van der Waals surface area contributed by atoms with Gasteiger partial charge in [0.25, 0.3) is 0 Å². The molecule has 2 atom stereocenters. The minimum atomic E-state index is -3.89. The highest BCUT2D eigenvalue weighted by atomic mass is 32.2. The zero-order chi connectivity index (χ0) is 18.8. The first-order chi connectivity index (χ1) is 11.6. The van der Waals surface area contributed by atoms with Gasteiger partial charge < -0.3 is 9.84 Å². The summed E-state index contributed by atoms with van der Waals surface area (Å²) in [5.41, 5.74) is 1.37. The van der Waals surface area contributed by atoms with Crippen molar-refractivity contribution in [2.24, 2.45) is 0 Å². The maximum atomic E-state index is 12.1. The van der Waals surface area contributed by atoms with E-state index in [4.69, 9.17) is 4.74 Å². The smallest absolute Gasteiger partial charge is 0.414 e. The van der Waals surface area contributed by atoms with Crippen LogP contribution in [-0.2, 0) is 19.4 Å². The molecule has 7 nitrogen and oxygen atoms in total. The molecule has 1 aliphatic heterocycles. The Labute approximate surface area is 146 Å². The van der Waals surface area contributed by atoms with E-state index in [2.05, 4.69) is 11.8 Å². The molecule has 0 spiro atoms. The largest absolute Gasteiger partial charge is 0.480 e. The summed E-state index contributed by atoms with van der Waals surface area (Å²) in [4.78, 5) is 24.9. The second-order valence-corrected chi connectivity index (χ2v) is 8.50. The quantitative estimate of drug-likeness (QED) is 0.797.